The van der Waals surface area contributed by atoms with E-state index < -0.39 is 0 Å². The summed E-state index contributed by atoms with van der Waals surface area (Å²) in [5.74, 6) is -0.208. The van der Waals surface area contributed by atoms with Crippen LogP contribution in [-0.4, -0.2) is 42.1 Å². The maximum absolute atomic E-state index is 14.0. The van der Waals surface area contributed by atoms with Gasteiger partial charge in [0.1, 0.15) is 5.82 Å². The Labute approximate surface area is 149 Å². The van der Waals surface area contributed by atoms with E-state index in [0.717, 1.165) is 43.2 Å². The number of halogens is 1. The molecular formula is C20H28FN3O. The minimum atomic E-state index is -0.289. The van der Waals surface area contributed by atoms with Crippen LogP contribution < -0.4 is 10.2 Å². The third-order valence-electron chi connectivity index (χ3n) is 5.83. The first-order chi connectivity index (χ1) is 11.8. The van der Waals surface area contributed by atoms with E-state index in [1.807, 2.05) is 25.7 Å². The zero-order valence-corrected chi connectivity index (χ0v) is 15.4. The van der Waals surface area contributed by atoms with Crippen molar-refractivity contribution in [3.05, 3.63) is 29.6 Å². The molecule has 4 nitrogen and oxygen atoms in total. The third-order valence-corrected chi connectivity index (χ3v) is 5.83. The van der Waals surface area contributed by atoms with Crippen LogP contribution in [0.4, 0.5) is 14.9 Å². The largest absolute Gasteiger partial charge is 0.333 e. The molecule has 25 heavy (non-hydrogen) atoms. The molecule has 0 bridgehead atoms. The first-order valence-electron chi connectivity index (χ1n) is 9.41. The van der Waals surface area contributed by atoms with Gasteiger partial charge >= 0.3 is 6.03 Å². The summed E-state index contributed by atoms with van der Waals surface area (Å²) in [6, 6.07) is 5.59. The Morgan fingerprint density at radius 3 is 2.52 bits per heavy atom. The monoisotopic (exact) mass is 345 g/mol. The maximum Gasteiger partial charge on any atom is 0.322 e. The Morgan fingerprint density at radius 2 is 1.92 bits per heavy atom. The van der Waals surface area contributed by atoms with E-state index in [2.05, 4.69) is 10.2 Å². The number of nitrogens with zero attached hydrogens (tertiary/aromatic N) is 2. The molecule has 5 heteroatoms. The molecule has 4 rings (SSSR count). The van der Waals surface area contributed by atoms with Crippen molar-refractivity contribution in [1.29, 1.82) is 0 Å². The average Bonchev–Trinajstić information content (AvgIpc) is 3.32. The summed E-state index contributed by atoms with van der Waals surface area (Å²) in [6.45, 7) is 8.71. The van der Waals surface area contributed by atoms with Gasteiger partial charge in [-0.2, -0.15) is 0 Å². The van der Waals surface area contributed by atoms with Crippen LogP contribution in [0.1, 0.15) is 52.0 Å². The fourth-order valence-corrected chi connectivity index (χ4v) is 4.40. The number of piperidine rings is 1. The number of carbonyl (C=O) groups is 1. The number of anilines is 1. The maximum atomic E-state index is 14.0. The normalized spacial score (nSPS) is 23.0. The Bertz CT molecular complexity index is 685. The summed E-state index contributed by atoms with van der Waals surface area (Å²) in [5, 5.41) is 3.06. The number of rotatable bonds is 1. The van der Waals surface area contributed by atoms with Crippen LogP contribution in [0.25, 0.3) is 0 Å². The lowest BCUT2D eigenvalue weighted by molar-refractivity contribution is 0.158. The van der Waals surface area contributed by atoms with E-state index in [4.69, 9.17) is 0 Å². The van der Waals surface area contributed by atoms with Gasteiger partial charge in [0.2, 0.25) is 0 Å². The second kappa shape index (κ2) is 5.70. The summed E-state index contributed by atoms with van der Waals surface area (Å²) in [7, 11) is 0. The van der Waals surface area contributed by atoms with E-state index >= 15 is 0 Å². The number of carbonyl (C=O) groups excluding carboxylic acids is 1. The molecule has 136 valence electrons. The predicted molar refractivity (Wildman–Crippen MR) is 97.5 cm³/mol. The van der Waals surface area contributed by atoms with Crippen molar-refractivity contribution in [2.45, 2.75) is 63.5 Å². The number of urea groups is 1. The highest BCUT2D eigenvalue weighted by Crippen LogP contribution is 2.48. The predicted octanol–water partition coefficient (Wildman–Crippen LogP) is 3.65. The van der Waals surface area contributed by atoms with Gasteiger partial charge < -0.3 is 10.2 Å². The molecule has 2 heterocycles. The quantitative estimate of drug-likeness (QED) is 0.843. The van der Waals surface area contributed by atoms with E-state index in [0.29, 0.717) is 6.54 Å². The molecule has 0 unspecified atom stereocenters. The molecule has 1 spiro atoms. The molecule has 0 radical (unpaired) electrons. The zero-order chi connectivity index (χ0) is 17.8. The molecule has 1 aromatic rings. The number of hydrogen-bond acceptors (Lipinski definition) is 2. The minimum absolute atomic E-state index is 0.0816. The van der Waals surface area contributed by atoms with Crippen molar-refractivity contribution in [2.75, 3.05) is 24.5 Å². The van der Waals surface area contributed by atoms with Crippen molar-refractivity contribution < 1.29 is 9.18 Å². The zero-order valence-electron chi connectivity index (χ0n) is 15.4. The van der Waals surface area contributed by atoms with Crippen LogP contribution in [0, 0.1) is 5.82 Å². The first kappa shape index (κ1) is 16.8. The van der Waals surface area contributed by atoms with Crippen molar-refractivity contribution in [3.8, 4) is 0 Å². The fraction of sp³-hybridized carbons (Fsp3) is 0.650. The Kier molecular flexibility index (Phi) is 3.83. The van der Waals surface area contributed by atoms with Gasteiger partial charge in [0.15, 0.2) is 0 Å². The summed E-state index contributed by atoms with van der Waals surface area (Å²) in [4.78, 5) is 17.2. The average molecular weight is 345 g/mol. The summed E-state index contributed by atoms with van der Waals surface area (Å²) in [6.07, 6.45) is 4.63. The molecule has 1 aliphatic carbocycles. The van der Waals surface area contributed by atoms with Gasteiger partial charge in [0, 0.05) is 29.2 Å². The van der Waals surface area contributed by atoms with Crippen LogP contribution in [0.2, 0.25) is 0 Å². The molecule has 1 saturated heterocycles. The lowest BCUT2D eigenvalue weighted by Crippen LogP contribution is -2.51. The first-order valence-corrected chi connectivity index (χ1v) is 9.41. The smallest absolute Gasteiger partial charge is 0.322 e. The fourth-order valence-electron chi connectivity index (χ4n) is 4.40. The second-order valence-corrected chi connectivity index (χ2v) is 8.98. The van der Waals surface area contributed by atoms with Crippen LogP contribution in [0.3, 0.4) is 0 Å². The second-order valence-electron chi connectivity index (χ2n) is 8.98. The van der Waals surface area contributed by atoms with Crippen LogP contribution in [0.5, 0.6) is 0 Å². The van der Waals surface area contributed by atoms with E-state index in [1.54, 1.807) is 12.1 Å². The highest BCUT2D eigenvalue weighted by molar-refractivity contribution is 5.95. The van der Waals surface area contributed by atoms with E-state index in [-0.39, 0.29) is 22.8 Å². The van der Waals surface area contributed by atoms with Crippen molar-refractivity contribution in [1.82, 2.24) is 10.2 Å². The van der Waals surface area contributed by atoms with Crippen molar-refractivity contribution in [2.24, 2.45) is 0 Å². The summed E-state index contributed by atoms with van der Waals surface area (Å²) in [5.41, 5.74) is 1.51. The highest BCUT2D eigenvalue weighted by atomic mass is 19.1. The highest BCUT2D eigenvalue weighted by Gasteiger charge is 2.48. The molecule has 2 aliphatic heterocycles. The van der Waals surface area contributed by atoms with Gasteiger partial charge in [-0.25, -0.2) is 9.18 Å². The third kappa shape index (κ3) is 3.14. The number of benzene rings is 1. The van der Waals surface area contributed by atoms with Gasteiger partial charge in [-0.3, -0.25) is 4.90 Å². The van der Waals surface area contributed by atoms with Gasteiger partial charge in [-0.1, -0.05) is 0 Å². The molecule has 2 amide bonds. The number of fused-ring (bicyclic) bond motifs is 2. The van der Waals surface area contributed by atoms with Gasteiger partial charge in [0.25, 0.3) is 0 Å². The Morgan fingerprint density at radius 1 is 1.24 bits per heavy atom. The molecule has 1 N–H and O–H groups in total. The number of amides is 2. The lowest BCUT2D eigenvalue weighted by atomic mass is 9.74. The van der Waals surface area contributed by atoms with Crippen molar-refractivity contribution >= 4 is 11.7 Å². The molecule has 1 saturated carbocycles. The molecule has 1 aromatic carbocycles. The van der Waals surface area contributed by atoms with Gasteiger partial charge in [-0.15, -0.1) is 0 Å². The molecular weight excluding hydrogens is 317 g/mol. The van der Waals surface area contributed by atoms with Crippen LogP contribution in [0.15, 0.2) is 18.2 Å². The molecule has 3 aliphatic rings. The SMILES string of the molecule is CC(C)(C)NC(=O)N1CC2(CCN(C3CC3)CC2)c2cc(F)ccc21. The molecule has 0 aromatic heterocycles. The standard InChI is InChI=1S/C20H28FN3O/c1-19(2,3)22-18(25)24-13-20(16-12-14(21)4-7-17(16)24)8-10-23(11-9-20)15-5-6-15/h4,7,12,15H,5-6,8-11,13H2,1-3H3,(H,22,25). The minimum Gasteiger partial charge on any atom is -0.333 e. The summed E-state index contributed by atoms with van der Waals surface area (Å²) < 4.78 is 14.0. The number of nitrogens with one attached hydrogen (secondary N) is 1. The topological polar surface area (TPSA) is 35.6 Å². The number of hydrogen-bond donors (Lipinski definition) is 1. The Hall–Kier alpha value is -1.62. The number of likely N-dealkylation sites (tertiary alicyclic amines) is 1. The lowest BCUT2D eigenvalue weighted by Gasteiger charge is -2.40. The van der Waals surface area contributed by atoms with Crippen molar-refractivity contribution in [3.63, 3.8) is 0 Å². The van der Waals surface area contributed by atoms with Gasteiger partial charge in [-0.05, 0) is 83.3 Å². The van der Waals surface area contributed by atoms with Gasteiger partial charge in [0.05, 0.1) is 0 Å². The Balaban J connectivity index is 1.62. The molecule has 2 fully saturated rings. The summed E-state index contributed by atoms with van der Waals surface area (Å²) >= 11 is 0. The van der Waals surface area contributed by atoms with E-state index in [9.17, 15) is 9.18 Å². The van der Waals surface area contributed by atoms with E-state index in [1.165, 1.54) is 18.9 Å². The van der Waals surface area contributed by atoms with Crippen LogP contribution >= 0.6 is 0 Å². The molecule has 0 atom stereocenters. The van der Waals surface area contributed by atoms with Crippen LogP contribution in [-0.2, 0) is 5.41 Å².